The van der Waals surface area contributed by atoms with Gasteiger partial charge in [-0.1, -0.05) is 78.9 Å². The zero-order valence-electron chi connectivity index (χ0n) is 20.4. The molecule has 3 aromatic carbocycles. The van der Waals surface area contributed by atoms with Crippen LogP contribution in [0.3, 0.4) is 0 Å². The third-order valence-corrected chi connectivity index (χ3v) is 7.19. The first-order valence-electron chi connectivity index (χ1n) is 11.8. The van der Waals surface area contributed by atoms with E-state index in [9.17, 15) is 9.59 Å². The molecule has 0 radical (unpaired) electrons. The number of benzene rings is 3. The molecule has 0 amide bonds. The van der Waals surface area contributed by atoms with Crippen molar-refractivity contribution in [1.29, 1.82) is 0 Å². The normalized spacial score (nSPS) is 15.5. The molecule has 0 saturated heterocycles. The summed E-state index contributed by atoms with van der Waals surface area (Å²) >= 11 is 1.31. The summed E-state index contributed by atoms with van der Waals surface area (Å²) in [4.78, 5) is 31.9. The van der Waals surface area contributed by atoms with E-state index in [4.69, 9.17) is 9.47 Å². The van der Waals surface area contributed by atoms with Crippen LogP contribution in [-0.2, 0) is 9.53 Å². The van der Waals surface area contributed by atoms with Crippen LogP contribution >= 0.6 is 11.3 Å². The predicted octanol–water partition coefficient (Wildman–Crippen LogP) is 4.35. The second-order valence-corrected chi connectivity index (χ2v) is 9.54. The Morgan fingerprint density at radius 1 is 1.08 bits per heavy atom. The van der Waals surface area contributed by atoms with Gasteiger partial charge < -0.3 is 9.47 Å². The van der Waals surface area contributed by atoms with Crippen molar-refractivity contribution < 1.29 is 14.3 Å². The van der Waals surface area contributed by atoms with Crippen LogP contribution in [0, 0.1) is 0 Å². The van der Waals surface area contributed by atoms with Gasteiger partial charge in [-0.3, -0.25) is 9.36 Å². The van der Waals surface area contributed by atoms with Crippen LogP contribution in [0.15, 0.2) is 87.8 Å². The summed E-state index contributed by atoms with van der Waals surface area (Å²) in [6.45, 7) is 4.42. The van der Waals surface area contributed by atoms with E-state index in [0.29, 0.717) is 27.2 Å². The quantitative estimate of drug-likeness (QED) is 0.371. The van der Waals surface area contributed by atoms with Crippen LogP contribution in [-0.4, -0.2) is 24.3 Å². The molecule has 1 aromatic heterocycles. The van der Waals surface area contributed by atoms with E-state index >= 15 is 0 Å². The number of hydrogen-bond donors (Lipinski definition) is 0. The fraction of sp³-hybridized carbons (Fsp3) is 0.207. The molecule has 1 aliphatic rings. The summed E-state index contributed by atoms with van der Waals surface area (Å²) in [5.41, 5.74) is 2.36. The second-order valence-electron chi connectivity index (χ2n) is 8.53. The van der Waals surface area contributed by atoms with Crippen molar-refractivity contribution in [2.24, 2.45) is 4.99 Å². The number of nitrogens with zero attached hydrogens (tertiary/aromatic N) is 2. The second kappa shape index (κ2) is 9.95. The van der Waals surface area contributed by atoms with Crippen LogP contribution in [0.4, 0.5) is 0 Å². The fourth-order valence-corrected chi connectivity index (χ4v) is 5.57. The van der Waals surface area contributed by atoms with Crippen molar-refractivity contribution >= 4 is 34.2 Å². The van der Waals surface area contributed by atoms with Gasteiger partial charge in [-0.15, -0.1) is 0 Å². The third-order valence-electron chi connectivity index (χ3n) is 6.21. The van der Waals surface area contributed by atoms with Gasteiger partial charge in [-0.2, -0.15) is 0 Å². The van der Waals surface area contributed by atoms with Gasteiger partial charge >= 0.3 is 5.97 Å². The Morgan fingerprint density at radius 3 is 2.58 bits per heavy atom. The van der Waals surface area contributed by atoms with Gasteiger partial charge in [-0.05, 0) is 41.8 Å². The van der Waals surface area contributed by atoms with Gasteiger partial charge in [0.1, 0.15) is 5.75 Å². The minimum absolute atomic E-state index is 0.212. The van der Waals surface area contributed by atoms with Gasteiger partial charge in [0.2, 0.25) is 0 Å². The minimum atomic E-state index is -0.625. The summed E-state index contributed by atoms with van der Waals surface area (Å²) in [5.74, 6) is 0.233. The molecule has 4 aromatic rings. The number of carbonyl (C=O) groups excluding carboxylic acids is 1. The van der Waals surface area contributed by atoms with Crippen LogP contribution in [0.2, 0.25) is 0 Å². The summed E-state index contributed by atoms with van der Waals surface area (Å²) in [6, 6.07) is 20.9. The number of thiazole rings is 1. The topological polar surface area (TPSA) is 69.9 Å². The number of aromatic nitrogens is 1. The Balaban J connectivity index is 1.77. The van der Waals surface area contributed by atoms with E-state index in [-0.39, 0.29) is 5.56 Å². The first-order chi connectivity index (χ1) is 17.5. The number of carbonyl (C=O) groups is 1. The predicted molar refractivity (Wildman–Crippen MR) is 142 cm³/mol. The Labute approximate surface area is 212 Å². The highest BCUT2D eigenvalue weighted by Crippen LogP contribution is 2.31. The zero-order valence-corrected chi connectivity index (χ0v) is 21.2. The molecule has 1 atom stereocenters. The molecule has 0 spiro atoms. The first kappa shape index (κ1) is 23.8. The Hall–Kier alpha value is -3.97. The Bertz CT molecular complexity index is 1670. The lowest BCUT2D eigenvalue weighted by atomic mass is 9.96. The summed E-state index contributed by atoms with van der Waals surface area (Å²) in [6.07, 6.45) is 2.76. The highest BCUT2D eigenvalue weighted by Gasteiger charge is 2.33. The summed E-state index contributed by atoms with van der Waals surface area (Å²) in [7, 11) is 1.34. The number of esters is 1. The molecular weight excluding hydrogens is 472 g/mol. The Kier molecular flexibility index (Phi) is 6.57. The average molecular weight is 499 g/mol. The first-order valence-corrected chi connectivity index (χ1v) is 12.7. The molecule has 1 unspecified atom stereocenters. The van der Waals surface area contributed by atoms with Crippen molar-refractivity contribution in [3.63, 3.8) is 0 Å². The molecule has 0 bridgehead atoms. The molecule has 182 valence electrons. The van der Waals surface area contributed by atoms with Crippen molar-refractivity contribution in [3.05, 3.63) is 109 Å². The zero-order chi connectivity index (χ0) is 25.2. The number of ether oxygens (including phenoxy) is 2. The Morgan fingerprint density at radius 2 is 1.83 bits per heavy atom. The van der Waals surface area contributed by atoms with Gasteiger partial charge in [-0.25, -0.2) is 9.79 Å². The number of methoxy groups -OCH3 is 1. The van der Waals surface area contributed by atoms with E-state index in [1.165, 1.54) is 18.4 Å². The molecule has 5 rings (SSSR count). The molecule has 0 fully saturated rings. The minimum Gasteiger partial charge on any atom is -0.493 e. The molecule has 6 nitrogen and oxygen atoms in total. The number of rotatable bonds is 6. The maximum atomic E-state index is 13.9. The van der Waals surface area contributed by atoms with Crippen LogP contribution in [0.1, 0.15) is 37.4 Å². The smallest absolute Gasteiger partial charge is 0.338 e. The third kappa shape index (κ3) is 4.16. The fourth-order valence-electron chi connectivity index (χ4n) is 4.54. The van der Waals surface area contributed by atoms with Gasteiger partial charge in [0.05, 0.1) is 35.6 Å². The van der Waals surface area contributed by atoms with E-state index < -0.39 is 12.0 Å². The van der Waals surface area contributed by atoms with E-state index in [2.05, 4.69) is 11.9 Å². The maximum absolute atomic E-state index is 13.9. The molecular formula is C29H26N2O4S. The SMILES string of the molecule is CCCOc1ccc2ccccc2c1C=c1sc2n(c1=O)C(c1ccccc1)C(C(=O)OC)=C(C)N=2. The molecule has 1 aliphatic heterocycles. The summed E-state index contributed by atoms with van der Waals surface area (Å²) in [5, 5.41) is 2.06. The molecule has 0 aliphatic carbocycles. The van der Waals surface area contributed by atoms with Gasteiger partial charge in [0.25, 0.3) is 5.56 Å². The number of hydrogen-bond acceptors (Lipinski definition) is 6. The van der Waals surface area contributed by atoms with Crippen molar-refractivity contribution in [2.75, 3.05) is 13.7 Å². The van der Waals surface area contributed by atoms with Crippen LogP contribution in [0.25, 0.3) is 16.8 Å². The monoisotopic (exact) mass is 498 g/mol. The highest BCUT2D eigenvalue weighted by atomic mass is 32.1. The lowest BCUT2D eigenvalue weighted by molar-refractivity contribution is -0.136. The van der Waals surface area contributed by atoms with Crippen LogP contribution in [0.5, 0.6) is 5.75 Å². The van der Waals surface area contributed by atoms with Crippen molar-refractivity contribution in [2.45, 2.75) is 26.3 Å². The standard InChI is InChI=1S/C29H26N2O4S/c1-4-16-35-23-15-14-19-10-8-9-13-21(19)22(23)17-24-27(32)31-26(20-11-6-5-7-12-20)25(28(33)34-3)18(2)30-29(31)36-24/h5-15,17,26H,4,16H2,1-3H3. The maximum Gasteiger partial charge on any atom is 0.338 e. The number of allylic oxidation sites excluding steroid dienone is 1. The van der Waals surface area contributed by atoms with Gasteiger partial charge in [0.15, 0.2) is 4.80 Å². The van der Waals surface area contributed by atoms with Crippen molar-refractivity contribution in [3.8, 4) is 5.75 Å². The van der Waals surface area contributed by atoms with E-state index in [0.717, 1.165) is 34.1 Å². The average Bonchev–Trinajstić information content (AvgIpc) is 3.21. The summed E-state index contributed by atoms with van der Waals surface area (Å²) < 4.78 is 13.2. The highest BCUT2D eigenvalue weighted by molar-refractivity contribution is 7.07. The van der Waals surface area contributed by atoms with Crippen molar-refractivity contribution in [1.82, 2.24) is 4.57 Å². The molecule has 7 heteroatoms. The lowest BCUT2D eigenvalue weighted by Crippen LogP contribution is -2.39. The molecule has 2 heterocycles. The van der Waals surface area contributed by atoms with E-state index in [1.54, 1.807) is 11.5 Å². The largest absolute Gasteiger partial charge is 0.493 e. The van der Waals surface area contributed by atoms with Gasteiger partial charge in [0, 0.05) is 5.56 Å². The van der Waals surface area contributed by atoms with E-state index in [1.807, 2.05) is 72.8 Å². The molecule has 0 saturated carbocycles. The number of fused-ring (bicyclic) bond motifs is 2. The molecule has 36 heavy (non-hydrogen) atoms. The van der Waals surface area contributed by atoms with Crippen LogP contribution < -0.4 is 19.6 Å². The molecule has 0 N–H and O–H groups in total. The lowest BCUT2D eigenvalue weighted by Gasteiger charge is -2.24.